The van der Waals surface area contributed by atoms with Crippen LogP contribution in [0.3, 0.4) is 0 Å². The minimum absolute atomic E-state index is 0.0772. The molecule has 2 aromatic carbocycles. The number of hydrogen-bond acceptors (Lipinski definition) is 11. The molecule has 33 heavy (non-hydrogen) atoms. The average molecular weight is 466 g/mol. The van der Waals surface area contributed by atoms with Crippen LogP contribution in [0.2, 0.25) is 0 Å². The Morgan fingerprint density at radius 3 is 1.55 bits per heavy atom. The second kappa shape index (κ2) is 13.1. The number of methoxy groups -OCH3 is 4. The molecule has 0 radical (unpaired) electrons. The lowest BCUT2D eigenvalue weighted by atomic mass is 10.2. The summed E-state index contributed by atoms with van der Waals surface area (Å²) in [5, 5.41) is 0. The van der Waals surface area contributed by atoms with Crippen molar-refractivity contribution < 1.29 is 52.8 Å². The topological polar surface area (TPSA) is 117 Å². The molecule has 0 fully saturated rings. The van der Waals surface area contributed by atoms with E-state index in [0.717, 1.165) is 0 Å². The van der Waals surface area contributed by atoms with Gasteiger partial charge in [0.25, 0.3) is 6.29 Å². The molecular formula is C22H26O11. The molecular weight excluding hydrogens is 440 g/mol. The fraction of sp³-hybridized carbons (Fsp3) is 0.364. The van der Waals surface area contributed by atoms with Crippen LogP contribution in [0.1, 0.15) is 27.6 Å². The van der Waals surface area contributed by atoms with Gasteiger partial charge in [0.1, 0.15) is 40.7 Å². The first kappa shape index (κ1) is 25.7. The molecule has 180 valence electrons. The van der Waals surface area contributed by atoms with Crippen LogP contribution in [-0.2, 0) is 24.3 Å². The first-order valence-corrected chi connectivity index (χ1v) is 9.74. The molecule has 0 aliphatic heterocycles. The monoisotopic (exact) mass is 466 g/mol. The van der Waals surface area contributed by atoms with Gasteiger partial charge in [-0.3, -0.25) is 9.78 Å². The molecule has 2 aromatic rings. The molecule has 11 nitrogen and oxygen atoms in total. The van der Waals surface area contributed by atoms with Crippen molar-refractivity contribution in [1.29, 1.82) is 0 Å². The van der Waals surface area contributed by atoms with Crippen LogP contribution in [0, 0.1) is 0 Å². The molecule has 0 unspecified atom stereocenters. The first-order chi connectivity index (χ1) is 16.0. The summed E-state index contributed by atoms with van der Waals surface area (Å²) in [5.41, 5.74) is 0.154. The maximum Gasteiger partial charge on any atom is 0.376 e. The van der Waals surface area contributed by atoms with Gasteiger partial charge < -0.3 is 23.7 Å². The Labute approximate surface area is 190 Å². The SMILES string of the molecule is CCOCC(OOC(=O)c1ccc(OC)cc1OC)OOC(=O)c1ccc(OC)cc1OC. The summed E-state index contributed by atoms with van der Waals surface area (Å²) in [6, 6.07) is 9.01. The molecule has 0 spiro atoms. The molecule has 0 saturated carbocycles. The van der Waals surface area contributed by atoms with Crippen LogP contribution >= 0.6 is 0 Å². The molecule has 0 atom stereocenters. The Balaban J connectivity index is 2.02. The van der Waals surface area contributed by atoms with Crippen molar-refractivity contribution >= 4 is 11.9 Å². The quantitative estimate of drug-likeness (QED) is 0.246. The summed E-state index contributed by atoms with van der Waals surface area (Å²) in [6.07, 6.45) is -1.37. The minimum Gasteiger partial charge on any atom is -0.497 e. The second-order valence-corrected chi connectivity index (χ2v) is 6.16. The third-order valence-corrected chi connectivity index (χ3v) is 4.18. The standard InChI is InChI=1S/C22H26O11/c1-6-29-13-20(30-32-21(23)16-9-7-14(25-2)11-18(16)27-4)31-33-22(24)17-10-8-15(26-3)12-19(17)28-5/h7-12,20H,6,13H2,1-5H3. The molecule has 0 amide bonds. The second-order valence-electron chi connectivity index (χ2n) is 6.16. The predicted molar refractivity (Wildman–Crippen MR) is 112 cm³/mol. The number of hydrogen-bond donors (Lipinski definition) is 0. The molecule has 0 aliphatic carbocycles. The highest BCUT2D eigenvalue weighted by Crippen LogP contribution is 2.26. The van der Waals surface area contributed by atoms with Crippen LogP contribution in [0.4, 0.5) is 0 Å². The van der Waals surface area contributed by atoms with E-state index < -0.39 is 18.2 Å². The van der Waals surface area contributed by atoms with Crippen molar-refractivity contribution in [2.24, 2.45) is 0 Å². The largest absolute Gasteiger partial charge is 0.497 e. The van der Waals surface area contributed by atoms with Crippen molar-refractivity contribution in [3.63, 3.8) is 0 Å². The number of carbonyl (C=O) groups is 2. The summed E-state index contributed by atoms with van der Waals surface area (Å²) in [6.45, 7) is 1.85. The highest BCUT2D eigenvalue weighted by Gasteiger charge is 2.23. The summed E-state index contributed by atoms with van der Waals surface area (Å²) in [5.74, 6) is -0.345. The van der Waals surface area contributed by atoms with Crippen molar-refractivity contribution in [2.45, 2.75) is 13.2 Å². The van der Waals surface area contributed by atoms with Gasteiger partial charge in [0.2, 0.25) is 0 Å². The van der Waals surface area contributed by atoms with Crippen LogP contribution in [0.25, 0.3) is 0 Å². The zero-order valence-electron chi connectivity index (χ0n) is 18.9. The Bertz CT molecular complexity index is 857. The van der Waals surface area contributed by atoms with Crippen LogP contribution in [-0.4, -0.2) is 59.9 Å². The molecule has 0 aliphatic rings. The van der Waals surface area contributed by atoms with E-state index in [1.165, 1.54) is 52.7 Å². The number of benzene rings is 2. The predicted octanol–water partition coefficient (Wildman–Crippen LogP) is 2.96. The van der Waals surface area contributed by atoms with Gasteiger partial charge in [0.15, 0.2) is 0 Å². The van der Waals surface area contributed by atoms with Gasteiger partial charge >= 0.3 is 11.9 Å². The van der Waals surface area contributed by atoms with Gasteiger partial charge in [0, 0.05) is 18.7 Å². The maximum absolute atomic E-state index is 12.4. The first-order valence-electron chi connectivity index (χ1n) is 9.74. The van der Waals surface area contributed by atoms with Crippen LogP contribution in [0.15, 0.2) is 36.4 Å². The van der Waals surface area contributed by atoms with Gasteiger partial charge in [-0.25, -0.2) is 9.59 Å². The van der Waals surface area contributed by atoms with E-state index in [1.54, 1.807) is 19.1 Å². The number of rotatable bonds is 13. The molecule has 2 rings (SSSR count). The van der Waals surface area contributed by atoms with Gasteiger partial charge in [-0.15, -0.1) is 9.78 Å². The minimum atomic E-state index is -1.37. The third-order valence-electron chi connectivity index (χ3n) is 4.18. The number of carbonyl (C=O) groups excluding carboxylic acids is 2. The third kappa shape index (κ3) is 7.24. The lowest BCUT2D eigenvalue weighted by molar-refractivity contribution is -0.426. The normalized spacial score (nSPS) is 10.5. The molecule has 0 bridgehead atoms. The van der Waals surface area contributed by atoms with Gasteiger partial charge in [-0.1, -0.05) is 0 Å². The fourth-order valence-electron chi connectivity index (χ4n) is 2.50. The molecule has 0 N–H and O–H groups in total. The van der Waals surface area contributed by atoms with E-state index in [2.05, 4.69) is 0 Å². The molecule has 0 aromatic heterocycles. The van der Waals surface area contributed by atoms with Gasteiger partial charge in [0.05, 0.1) is 28.4 Å². The van der Waals surface area contributed by atoms with E-state index in [9.17, 15) is 9.59 Å². The maximum atomic E-state index is 12.4. The number of ether oxygens (including phenoxy) is 5. The van der Waals surface area contributed by atoms with E-state index in [-0.39, 0.29) is 29.2 Å². The van der Waals surface area contributed by atoms with E-state index in [4.69, 9.17) is 43.2 Å². The Kier molecular flexibility index (Phi) is 10.2. The highest BCUT2D eigenvalue weighted by atomic mass is 17.3. The van der Waals surface area contributed by atoms with Crippen LogP contribution < -0.4 is 18.9 Å². The van der Waals surface area contributed by atoms with Gasteiger partial charge in [-0.05, 0) is 31.2 Å². The lowest BCUT2D eigenvalue weighted by Crippen LogP contribution is -2.27. The van der Waals surface area contributed by atoms with E-state index in [0.29, 0.717) is 18.1 Å². The van der Waals surface area contributed by atoms with Crippen molar-refractivity contribution in [3.8, 4) is 23.0 Å². The van der Waals surface area contributed by atoms with Crippen LogP contribution in [0.5, 0.6) is 23.0 Å². The van der Waals surface area contributed by atoms with E-state index >= 15 is 0 Å². The zero-order chi connectivity index (χ0) is 24.2. The summed E-state index contributed by atoms with van der Waals surface area (Å²) < 4.78 is 25.7. The lowest BCUT2D eigenvalue weighted by Gasteiger charge is -2.16. The Morgan fingerprint density at radius 1 is 0.727 bits per heavy atom. The summed E-state index contributed by atoms with van der Waals surface area (Å²) >= 11 is 0. The fourth-order valence-corrected chi connectivity index (χ4v) is 2.50. The van der Waals surface area contributed by atoms with Crippen molar-refractivity contribution in [3.05, 3.63) is 47.5 Å². The smallest absolute Gasteiger partial charge is 0.376 e. The molecule has 0 heterocycles. The highest BCUT2D eigenvalue weighted by molar-refractivity contribution is 5.93. The van der Waals surface area contributed by atoms with Gasteiger partial charge in [-0.2, -0.15) is 0 Å². The van der Waals surface area contributed by atoms with Crippen molar-refractivity contribution in [2.75, 3.05) is 41.7 Å². The Morgan fingerprint density at radius 2 is 1.18 bits per heavy atom. The van der Waals surface area contributed by atoms with Crippen molar-refractivity contribution in [1.82, 2.24) is 0 Å². The summed E-state index contributed by atoms with van der Waals surface area (Å²) in [4.78, 5) is 44.4. The summed E-state index contributed by atoms with van der Waals surface area (Å²) in [7, 11) is 5.74. The zero-order valence-corrected chi connectivity index (χ0v) is 18.9. The average Bonchev–Trinajstić information content (AvgIpc) is 2.86. The Hall–Kier alpha value is -3.54. The van der Waals surface area contributed by atoms with E-state index in [1.807, 2.05) is 0 Å². The molecule has 0 saturated heterocycles. The molecule has 11 heteroatoms.